The van der Waals surface area contributed by atoms with Gasteiger partial charge in [0.15, 0.2) is 0 Å². The zero-order chi connectivity index (χ0) is 16.1. The molecule has 1 aromatic heterocycles. The first-order chi connectivity index (χ1) is 11.3. The van der Waals surface area contributed by atoms with Gasteiger partial charge in [-0.1, -0.05) is 17.7 Å². The summed E-state index contributed by atoms with van der Waals surface area (Å²) in [5.41, 5.74) is 1.90. The maximum absolute atomic E-state index is 6.18. The van der Waals surface area contributed by atoms with E-state index in [0.717, 1.165) is 35.6 Å². The summed E-state index contributed by atoms with van der Waals surface area (Å²) in [6.45, 7) is 0.597. The first-order valence-corrected chi connectivity index (χ1v) is 8.32. The van der Waals surface area contributed by atoms with Gasteiger partial charge in [0.1, 0.15) is 16.7 Å². The van der Waals surface area contributed by atoms with Crippen LogP contribution >= 0.6 is 11.6 Å². The van der Waals surface area contributed by atoms with Crippen molar-refractivity contribution in [2.45, 2.75) is 38.3 Å². The van der Waals surface area contributed by atoms with E-state index >= 15 is 0 Å². The van der Waals surface area contributed by atoms with Gasteiger partial charge < -0.3 is 14.8 Å². The molecule has 0 amide bonds. The topological polar surface area (TPSA) is 43.4 Å². The van der Waals surface area contributed by atoms with Gasteiger partial charge in [0.05, 0.1) is 18.9 Å². The third kappa shape index (κ3) is 4.08. The second-order valence-electron chi connectivity index (χ2n) is 5.69. The highest BCUT2D eigenvalue weighted by Crippen LogP contribution is 2.33. The molecule has 5 heteroatoms. The van der Waals surface area contributed by atoms with Crippen LogP contribution in [0.1, 0.15) is 31.2 Å². The second kappa shape index (κ2) is 7.55. The number of anilines is 1. The van der Waals surface area contributed by atoms with Crippen LogP contribution in [-0.2, 0) is 6.54 Å². The third-order valence-corrected chi connectivity index (χ3v) is 4.43. The fourth-order valence-corrected chi connectivity index (χ4v) is 2.99. The van der Waals surface area contributed by atoms with E-state index in [2.05, 4.69) is 10.3 Å². The van der Waals surface area contributed by atoms with Crippen LogP contribution in [0.4, 0.5) is 5.69 Å². The Bertz CT molecular complexity index is 657. The molecule has 0 aliphatic heterocycles. The number of nitrogens with zero attached hydrogens (tertiary/aromatic N) is 1. The number of methoxy groups -OCH3 is 1. The van der Waals surface area contributed by atoms with Crippen LogP contribution < -0.4 is 14.8 Å². The molecule has 23 heavy (non-hydrogen) atoms. The maximum Gasteiger partial charge on any atom is 0.146 e. The molecule has 0 atom stereocenters. The van der Waals surface area contributed by atoms with Crippen molar-refractivity contribution in [1.82, 2.24) is 4.98 Å². The fourth-order valence-electron chi connectivity index (χ4n) is 2.80. The Morgan fingerprint density at radius 2 is 2.09 bits per heavy atom. The molecule has 0 radical (unpaired) electrons. The lowest BCUT2D eigenvalue weighted by molar-refractivity contribution is 0.210. The van der Waals surface area contributed by atoms with Crippen molar-refractivity contribution in [1.29, 1.82) is 0 Å². The molecule has 3 rings (SSSR count). The standard InChI is InChI=1S/C18H21ClN2O2/c1-22-15-8-9-16(17(11-15)23-14-6-2-3-7-14)21-12-13-5-4-10-20-18(13)19/h4-5,8-11,14,21H,2-3,6-7,12H2,1H3. The zero-order valence-corrected chi connectivity index (χ0v) is 14.0. The normalized spacial score (nSPS) is 14.7. The van der Waals surface area contributed by atoms with Gasteiger partial charge >= 0.3 is 0 Å². The molecule has 1 aromatic carbocycles. The Kier molecular flexibility index (Phi) is 5.23. The molecule has 1 fully saturated rings. The molecular weight excluding hydrogens is 312 g/mol. The first-order valence-electron chi connectivity index (χ1n) is 7.94. The van der Waals surface area contributed by atoms with Crippen molar-refractivity contribution in [3.63, 3.8) is 0 Å². The quantitative estimate of drug-likeness (QED) is 0.780. The van der Waals surface area contributed by atoms with Gasteiger partial charge in [0.2, 0.25) is 0 Å². The zero-order valence-electron chi connectivity index (χ0n) is 13.2. The molecule has 0 spiro atoms. The molecule has 0 bridgehead atoms. The maximum atomic E-state index is 6.18. The van der Waals surface area contributed by atoms with Crippen molar-refractivity contribution < 1.29 is 9.47 Å². The number of aromatic nitrogens is 1. The summed E-state index contributed by atoms with van der Waals surface area (Å²) in [4.78, 5) is 4.10. The van der Waals surface area contributed by atoms with Crippen LogP contribution in [0.3, 0.4) is 0 Å². The minimum atomic E-state index is 0.296. The van der Waals surface area contributed by atoms with E-state index in [-0.39, 0.29) is 0 Å². The number of halogens is 1. The predicted molar refractivity (Wildman–Crippen MR) is 92.5 cm³/mol. The highest BCUT2D eigenvalue weighted by molar-refractivity contribution is 6.30. The second-order valence-corrected chi connectivity index (χ2v) is 6.05. The Morgan fingerprint density at radius 3 is 2.83 bits per heavy atom. The van der Waals surface area contributed by atoms with Gasteiger partial charge in [-0.15, -0.1) is 0 Å². The van der Waals surface area contributed by atoms with Crippen molar-refractivity contribution >= 4 is 17.3 Å². The Balaban J connectivity index is 1.75. The minimum Gasteiger partial charge on any atom is -0.497 e. The smallest absolute Gasteiger partial charge is 0.146 e. The van der Waals surface area contributed by atoms with Crippen molar-refractivity contribution in [3.05, 3.63) is 47.2 Å². The molecule has 1 heterocycles. The van der Waals surface area contributed by atoms with Gasteiger partial charge in [-0.2, -0.15) is 0 Å². The summed E-state index contributed by atoms with van der Waals surface area (Å²) in [5, 5.41) is 3.91. The monoisotopic (exact) mass is 332 g/mol. The lowest BCUT2D eigenvalue weighted by Gasteiger charge is -2.18. The summed E-state index contributed by atoms with van der Waals surface area (Å²) < 4.78 is 11.5. The predicted octanol–water partition coefficient (Wildman–Crippen LogP) is 4.68. The highest BCUT2D eigenvalue weighted by Gasteiger charge is 2.18. The van der Waals surface area contributed by atoms with Crippen LogP contribution in [0.2, 0.25) is 5.15 Å². The van der Waals surface area contributed by atoms with Gasteiger partial charge in [-0.25, -0.2) is 4.98 Å². The van der Waals surface area contributed by atoms with Gasteiger partial charge in [0.25, 0.3) is 0 Å². The van der Waals surface area contributed by atoms with E-state index in [9.17, 15) is 0 Å². The van der Waals surface area contributed by atoms with E-state index < -0.39 is 0 Å². The van der Waals surface area contributed by atoms with E-state index in [4.69, 9.17) is 21.1 Å². The third-order valence-electron chi connectivity index (χ3n) is 4.09. The molecule has 1 aliphatic carbocycles. The lowest BCUT2D eigenvalue weighted by atomic mass is 10.2. The average Bonchev–Trinajstić information content (AvgIpc) is 3.08. The van der Waals surface area contributed by atoms with E-state index in [1.165, 1.54) is 12.8 Å². The first kappa shape index (κ1) is 15.9. The minimum absolute atomic E-state index is 0.296. The molecule has 4 nitrogen and oxygen atoms in total. The van der Waals surface area contributed by atoms with Gasteiger partial charge in [-0.3, -0.25) is 0 Å². The molecule has 122 valence electrons. The summed E-state index contributed by atoms with van der Waals surface area (Å²) >= 11 is 6.11. The SMILES string of the molecule is COc1ccc(NCc2cccnc2Cl)c(OC2CCCC2)c1. The Morgan fingerprint density at radius 1 is 1.26 bits per heavy atom. The largest absolute Gasteiger partial charge is 0.497 e. The lowest BCUT2D eigenvalue weighted by Crippen LogP contribution is -2.13. The van der Waals surface area contributed by atoms with Gasteiger partial charge in [0, 0.05) is 24.4 Å². The molecule has 1 aliphatic rings. The van der Waals surface area contributed by atoms with Crippen molar-refractivity contribution in [2.75, 3.05) is 12.4 Å². The number of ether oxygens (including phenoxy) is 2. The summed E-state index contributed by atoms with van der Waals surface area (Å²) in [7, 11) is 1.66. The number of hydrogen-bond donors (Lipinski definition) is 1. The number of benzene rings is 1. The molecule has 0 saturated heterocycles. The molecule has 1 N–H and O–H groups in total. The number of hydrogen-bond acceptors (Lipinski definition) is 4. The van der Waals surface area contributed by atoms with Crippen LogP contribution in [0.25, 0.3) is 0 Å². The Labute approximate surface area is 141 Å². The number of pyridine rings is 1. The average molecular weight is 333 g/mol. The van der Waals surface area contributed by atoms with E-state index in [1.54, 1.807) is 13.3 Å². The van der Waals surface area contributed by atoms with E-state index in [1.807, 2.05) is 30.3 Å². The number of nitrogens with one attached hydrogen (secondary N) is 1. The van der Waals surface area contributed by atoms with Crippen molar-refractivity contribution in [2.24, 2.45) is 0 Å². The van der Waals surface area contributed by atoms with Crippen LogP contribution in [0.5, 0.6) is 11.5 Å². The molecule has 0 unspecified atom stereocenters. The fraction of sp³-hybridized carbons (Fsp3) is 0.389. The molecule has 2 aromatic rings. The van der Waals surface area contributed by atoms with Crippen LogP contribution in [0, 0.1) is 0 Å². The van der Waals surface area contributed by atoms with Gasteiger partial charge in [-0.05, 0) is 43.9 Å². The van der Waals surface area contributed by atoms with Crippen LogP contribution in [-0.4, -0.2) is 18.2 Å². The highest BCUT2D eigenvalue weighted by atomic mass is 35.5. The molecular formula is C18H21ClN2O2. The van der Waals surface area contributed by atoms with E-state index in [0.29, 0.717) is 17.8 Å². The summed E-state index contributed by atoms with van der Waals surface area (Å²) in [6.07, 6.45) is 6.69. The molecule has 1 saturated carbocycles. The van der Waals surface area contributed by atoms with Crippen molar-refractivity contribution in [3.8, 4) is 11.5 Å². The Hall–Kier alpha value is -1.94. The van der Waals surface area contributed by atoms with Crippen LogP contribution in [0.15, 0.2) is 36.5 Å². The number of rotatable bonds is 6. The summed E-state index contributed by atoms with van der Waals surface area (Å²) in [6, 6.07) is 9.68. The summed E-state index contributed by atoms with van der Waals surface area (Å²) in [5.74, 6) is 1.62.